The van der Waals surface area contributed by atoms with Crippen molar-refractivity contribution in [2.45, 2.75) is 43.2 Å². The number of piperidine rings is 1. The number of fused-ring (bicyclic) bond motifs is 1. The van der Waals surface area contributed by atoms with E-state index in [4.69, 9.17) is 4.74 Å². The zero-order valence-electron chi connectivity index (χ0n) is 14.2. The number of hydrogen-bond donors (Lipinski definition) is 0. The van der Waals surface area contributed by atoms with Gasteiger partial charge in [0.15, 0.2) is 0 Å². The molecule has 1 saturated carbocycles. The predicted octanol–water partition coefficient (Wildman–Crippen LogP) is 1.87. The van der Waals surface area contributed by atoms with Crippen LogP contribution < -0.4 is 0 Å². The molecule has 1 aromatic rings. The maximum Gasteiger partial charge on any atom is 0.243 e. The van der Waals surface area contributed by atoms with Crippen molar-refractivity contribution >= 4 is 10.0 Å². The normalized spacial score (nSPS) is 29.4. The van der Waals surface area contributed by atoms with Crippen LogP contribution in [-0.4, -0.2) is 62.6 Å². The molecule has 2 aliphatic heterocycles. The minimum absolute atomic E-state index is 0.181. The van der Waals surface area contributed by atoms with Gasteiger partial charge in [-0.25, -0.2) is 8.42 Å². The molecule has 0 spiro atoms. The Morgan fingerprint density at radius 1 is 1.17 bits per heavy atom. The van der Waals surface area contributed by atoms with E-state index in [0.29, 0.717) is 18.0 Å². The standard InChI is InChI=1S/C18H26N2O3S/c1-14-4-2-3-5-18(14)24(21,22)20-9-8-17-16(13-20)19(10-11-23-17)12-15-6-7-15/h2-5,15-17H,6-13H2,1H3/t16-,17-/m1/s1. The van der Waals surface area contributed by atoms with E-state index in [1.807, 2.05) is 19.1 Å². The fourth-order valence-electron chi connectivity index (χ4n) is 3.98. The molecule has 5 nitrogen and oxygen atoms in total. The van der Waals surface area contributed by atoms with Crippen LogP contribution in [0.15, 0.2) is 29.2 Å². The van der Waals surface area contributed by atoms with Gasteiger partial charge in [0, 0.05) is 32.2 Å². The van der Waals surface area contributed by atoms with E-state index in [1.54, 1.807) is 16.4 Å². The smallest absolute Gasteiger partial charge is 0.243 e. The summed E-state index contributed by atoms with van der Waals surface area (Å²) < 4.78 is 33.8. The van der Waals surface area contributed by atoms with Crippen LogP contribution in [0.1, 0.15) is 24.8 Å². The van der Waals surface area contributed by atoms with Crippen LogP contribution in [0, 0.1) is 12.8 Å². The molecule has 3 fully saturated rings. The monoisotopic (exact) mass is 350 g/mol. The molecule has 1 aliphatic carbocycles. The maximum atomic E-state index is 13.1. The SMILES string of the molecule is Cc1ccccc1S(=O)(=O)N1CC[C@H]2OCCN(CC3CC3)[C@@H]2C1. The molecule has 0 bridgehead atoms. The molecule has 2 atom stereocenters. The van der Waals surface area contributed by atoms with E-state index in [1.165, 1.54) is 12.8 Å². The van der Waals surface area contributed by atoms with Gasteiger partial charge in [0.2, 0.25) is 10.0 Å². The van der Waals surface area contributed by atoms with Crippen molar-refractivity contribution in [3.05, 3.63) is 29.8 Å². The van der Waals surface area contributed by atoms with Crippen LogP contribution in [0.4, 0.5) is 0 Å². The molecule has 2 heterocycles. The fourth-order valence-corrected chi connectivity index (χ4v) is 5.67. The molecule has 24 heavy (non-hydrogen) atoms. The van der Waals surface area contributed by atoms with Crippen LogP contribution in [0.2, 0.25) is 0 Å². The Morgan fingerprint density at radius 2 is 1.96 bits per heavy atom. The summed E-state index contributed by atoms with van der Waals surface area (Å²) in [5, 5.41) is 0. The number of ether oxygens (including phenoxy) is 1. The average molecular weight is 350 g/mol. The van der Waals surface area contributed by atoms with Gasteiger partial charge in [0.25, 0.3) is 0 Å². The van der Waals surface area contributed by atoms with Crippen LogP contribution in [-0.2, 0) is 14.8 Å². The average Bonchev–Trinajstić information content (AvgIpc) is 3.39. The second-order valence-corrected chi connectivity index (χ2v) is 9.24. The Balaban J connectivity index is 1.55. The molecule has 0 amide bonds. The third-order valence-corrected chi connectivity index (χ3v) is 7.59. The van der Waals surface area contributed by atoms with E-state index in [-0.39, 0.29) is 12.1 Å². The van der Waals surface area contributed by atoms with E-state index in [2.05, 4.69) is 4.90 Å². The van der Waals surface area contributed by atoms with Gasteiger partial charge in [-0.05, 0) is 43.7 Å². The van der Waals surface area contributed by atoms with Crippen molar-refractivity contribution < 1.29 is 13.2 Å². The molecule has 0 unspecified atom stereocenters. The van der Waals surface area contributed by atoms with E-state index in [9.17, 15) is 8.42 Å². The fraction of sp³-hybridized carbons (Fsp3) is 0.667. The number of morpholine rings is 1. The first-order valence-corrected chi connectivity index (χ1v) is 10.4. The highest BCUT2D eigenvalue weighted by Crippen LogP contribution is 2.34. The zero-order valence-corrected chi connectivity index (χ0v) is 15.0. The van der Waals surface area contributed by atoms with Crippen LogP contribution >= 0.6 is 0 Å². The van der Waals surface area contributed by atoms with Crippen LogP contribution in [0.25, 0.3) is 0 Å². The lowest BCUT2D eigenvalue weighted by Gasteiger charge is -2.46. The summed E-state index contributed by atoms with van der Waals surface area (Å²) >= 11 is 0. The molecule has 132 valence electrons. The quantitative estimate of drug-likeness (QED) is 0.832. The molecule has 0 radical (unpaired) electrons. The van der Waals surface area contributed by atoms with Gasteiger partial charge in [0.1, 0.15) is 0 Å². The second-order valence-electron chi connectivity index (χ2n) is 7.33. The lowest BCUT2D eigenvalue weighted by Crippen LogP contribution is -2.61. The summed E-state index contributed by atoms with van der Waals surface area (Å²) in [5.41, 5.74) is 0.814. The predicted molar refractivity (Wildman–Crippen MR) is 92.4 cm³/mol. The highest BCUT2D eigenvalue weighted by Gasteiger charge is 2.42. The molecule has 4 rings (SSSR count). The molecular weight excluding hydrogens is 324 g/mol. The Hall–Kier alpha value is -0.950. The molecule has 1 aromatic carbocycles. The van der Waals surface area contributed by atoms with Gasteiger partial charge in [-0.3, -0.25) is 4.90 Å². The van der Waals surface area contributed by atoms with Crippen molar-refractivity contribution in [2.24, 2.45) is 5.92 Å². The number of rotatable bonds is 4. The lowest BCUT2D eigenvalue weighted by atomic mass is 10.00. The van der Waals surface area contributed by atoms with Crippen LogP contribution in [0.5, 0.6) is 0 Å². The van der Waals surface area contributed by atoms with Crippen molar-refractivity contribution in [3.8, 4) is 0 Å². The van der Waals surface area contributed by atoms with Gasteiger partial charge in [-0.1, -0.05) is 18.2 Å². The number of aryl methyl sites for hydroxylation is 1. The number of sulfonamides is 1. The topological polar surface area (TPSA) is 49.9 Å². The molecule has 6 heteroatoms. The second kappa shape index (κ2) is 6.41. The van der Waals surface area contributed by atoms with E-state index >= 15 is 0 Å². The first-order valence-electron chi connectivity index (χ1n) is 8.97. The van der Waals surface area contributed by atoms with Gasteiger partial charge in [0.05, 0.1) is 17.6 Å². The number of benzene rings is 1. The Bertz CT molecular complexity index is 702. The van der Waals surface area contributed by atoms with Crippen molar-refractivity contribution in [1.82, 2.24) is 9.21 Å². The van der Waals surface area contributed by atoms with E-state index in [0.717, 1.165) is 37.6 Å². The minimum atomic E-state index is -3.43. The largest absolute Gasteiger partial charge is 0.375 e. The lowest BCUT2D eigenvalue weighted by molar-refractivity contribution is -0.0940. The van der Waals surface area contributed by atoms with Crippen molar-refractivity contribution in [2.75, 3.05) is 32.8 Å². The summed E-state index contributed by atoms with van der Waals surface area (Å²) in [6.45, 7) is 5.77. The summed E-state index contributed by atoms with van der Waals surface area (Å²) in [7, 11) is -3.43. The molecule has 0 aromatic heterocycles. The highest BCUT2D eigenvalue weighted by molar-refractivity contribution is 7.89. The van der Waals surface area contributed by atoms with Gasteiger partial charge < -0.3 is 4.74 Å². The third-order valence-electron chi connectivity index (χ3n) is 5.56. The number of nitrogens with zero attached hydrogens (tertiary/aromatic N) is 2. The first-order chi connectivity index (χ1) is 11.6. The van der Waals surface area contributed by atoms with Crippen LogP contribution in [0.3, 0.4) is 0 Å². The molecular formula is C18H26N2O3S. The van der Waals surface area contributed by atoms with Crippen molar-refractivity contribution in [3.63, 3.8) is 0 Å². The minimum Gasteiger partial charge on any atom is -0.375 e. The zero-order chi connectivity index (χ0) is 16.7. The Morgan fingerprint density at radius 3 is 2.71 bits per heavy atom. The summed E-state index contributed by atoms with van der Waals surface area (Å²) in [5.74, 6) is 0.812. The summed E-state index contributed by atoms with van der Waals surface area (Å²) in [4.78, 5) is 2.92. The third kappa shape index (κ3) is 3.12. The highest BCUT2D eigenvalue weighted by atomic mass is 32.2. The molecule has 0 N–H and O–H groups in total. The van der Waals surface area contributed by atoms with Gasteiger partial charge in [-0.15, -0.1) is 0 Å². The molecule has 2 saturated heterocycles. The van der Waals surface area contributed by atoms with Crippen molar-refractivity contribution in [1.29, 1.82) is 0 Å². The van der Waals surface area contributed by atoms with Gasteiger partial charge >= 0.3 is 0 Å². The summed E-state index contributed by atoms with van der Waals surface area (Å²) in [6, 6.07) is 7.47. The Labute approximate surface area is 144 Å². The number of hydrogen-bond acceptors (Lipinski definition) is 4. The summed E-state index contributed by atoms with van der Waals surface area (Å²) in [6.07, 6.45) is 3.61. The maximum absolute atomic E-state index is 13.1. The molecule has 3 aliphatic rings. The first kappa shape index (κ1) is 16.5. The Kier molecular flexibility index (Phi) is 4.41. The van der Waals surface area contributed by atoms with E-state index < -0.39 is 10.0 Å². The van der Waals surface area contributed by atoms with Gasteiger partial charge in [-0.2, -0.15) is 4.31 Å².